The third-order valence-electron chi connectivity index (χ3n) is 5.16. The Bertz CT molecular complexity index is 566. The van der Waals surface area contributed by atoms with Crippen LogP contribution in [0.4, 0.5) is 4.39 Å². The molecule has 3 aliphatic rings. The number of carbonyl (C=O) groups is 1. The monoisotopic (exact) mass is 303 g/mol. The molecule has 0 aromatic heterocycles. The largest absolute Gasteiger partial charge is 0.381 e. The predicted octanol–water partition coefficient (Wildman–Crippen LogP) is 2.96. The molecule has 1 aromatic carbocycles. The molecule has 0 bridgehead atoms. The summed E-state index contributed by atoms with van der Waals surface area (Å²) in [5, 5.41) is 0. The van der Waals surface area contributed by atoms with Gasteiger partial charge in [-0.3, -0.25) is 4.79 Å². The number of ether oxygens (including phenoxy) is 1. The van der Waals surface area contributed by atoms with Crippen molar-refractivity contribution >= 4 is 5.91 Å². The summed E-state index contributed by atoms with van der Waals surface area (Å²) in [6.45, 7) is 2.42. The molecule has 1 aliphatic heterocycles. The Balaban J connectivity index is 1.43. The fourth-order valence-electron chi connectivity index (χ4n) is 3.61. The van der Waals surface area contributed by atoms with Gasteiger partial charge in [0.25, 0.3) is 0 Å². The maximum Gasteiger partial charge on any atom is 0.226 e. The number of amides is 1. The third-order valence-corrected chi connectivity index (χ3v) is 5.16. The fraction of sp³-hybridized carbons (Fsp3) is 0.611. The quantitative estimate of drug-likeness (QED) is 0.837. The van der Waals surface area contributed by atoms with Gasteiger partial charge in [0.05, 0.1) is 6.61 Å². The fourth-order valence-corrected chi connectivity index (χ4v) is 3.61. The van der Waals surface area contributed by atoms with Crippen LogP contribution in [0.25, 0.3) is 0 Å². The van der Waals surface area contributed by atoms with Crippen molar-refractivity contribution in [1.29, 1.82) is 0 Å². The molecular formula is C18H22FNO2. The van der Waals surface area contributed by atoms with Crippen LogP contribution in [0.3, 0.4) is 0 Å². The van der Waals surface area contributed by atoms with Gasteiger partial charge in [0.15, 0.2) is 0 Å². The first kappa shape index (κ1) is 14.2. The molecule has 1 aromatic rings. The van der Waals surface area contributed by atoms with Gasteiger partial charge in [-0.05, 0) is 43.2 Å². The highest BCUT2D eigenvalue weighted by molar-refractivity contribution is 5.83. The van der Waals surface area contributed by atoms with Crippen LogP contribution in [0.2, 0.25) is 0 Å². The van der Waals surface area contributed by atoms with Crippen LogP contribution in [0, 0.1) is 17.7 Å². The van der Waals surface area contributed by atoms with E-state index in [1.54, 1.807) is 6.07 Å². The zero-order valence-corrected chi connectivity index (χ0v) is 12.7. The molecule has 118 valence electrons. The average molecular weight is 303 g/mol. The lowest BCUT2D eigenvalue weighted by Crippen LogP contribution is -2.38. The van der Waals surface area contributed by atoms with E-state index in [1.807, 2.05) is 12.1 Å². The minimum atomic E-state index is -0.176. The van der Waals surface area contributed by atoms with Crippen molar-refractivity contribution in [2.24, 2.45) is 11.8 Å². The van der Waals surface area contributed by atoms with E-state index in [9.17, 15) is 9.18 Å². The van der Waals surface area contributed by atoms with Crippen molar-refractivity contribution < 1.29 is 13.9 Å². The molecule has 1 heterocycles. The molecule has 3 fully saturated rings. The minimum Gasteiger partial charge on any atom is -0.381 e. The molecule has 22 heavy (non-hydrogen) atoms. The van der Waals surface area contributed by atoms with Crippen LogP contribution in [-0.2, 0) is 9.53 Å². The molecule has 4 rings (SSSR count). The van der Waals surface area contributed by atoms with Crippen molar-refractivity contribution in [1.82, 2.24) is 4.90 Å². The Labute approximate surface area is 130 Å². The summed E-state index contributed by atoms with van der Waals surface area (Å²) >= 11 is 0. The highest BCUT2D eigenvalue weighted by Gasteiger charge is 2.49. The molecule has 0 N–H and O–H groups in total. The summed E-state index contributed by atoms with van der Waals surface area (Å²) in [7, 11) is 0. The number of rotatable bonds is 5. The molecular weight excluding hydrogens is 281 g/mol. The van der Waals surface area contributed by atoms with Gasteiger partial charge < -0.3 is 9.64 Å². The van der Waals surface area contributed by atoms with Gasteiger partial charge >= 0.3 is 0 Å². The van der Waals surface area contributed by atoms with E-state index in [-0.39, 0.29) is 23.6 Å². The van der Waals surface area contributed by atoms with E-state index in [1.165, 1.54) is 6.07 Å². The van der Waals surface area contributed by atoms with Crippen LogP contribution in [0.1, 0.15) is 37.2 Å². The van der Waals surface area contributed by atoms with Gasteiger partial charge in [-0.15, -0.1) is 0 Å². The summed E-state index contributed by atoms with van der Waals surface area (Å²) in [5.74, 6) is 0.609. The summed E-state index contributed by atoms with van der Waals surface area (Å²) in [4.78, 5) is 14.9. The molecule has 0 radical (unpaired) electrons. The zero-order valence-electron chi connectivity index (χ0n) is 12.7. The van der Waals surface area contributed by atoms with Gasteiger partial charge in [0, 0.05) is 31.0 Å². The molecule has 1 saturated heterocycles. The maximum absolute atomic E-state index is 13.9. The number of benzene rings is 1. The Kier molecular flexibility index (Phi) is 3.65. The summed E-state index contributed by atoms with van der Waals surface area (Å²) < 4.78 is 19.3. The Hall–Kier alpha value is -1.42. The number of halogens is 1. The summed E-state index contributed by atoms with van der Waals surface area (Å²) in [6, 6.07) is 7.29. The number of carbonyl (C=O) groups excluding carboxylic acids is 1. The standard InChI is InChI=1S/C18H22FNO2/c19-17-4-2-1-3-14(17)15-9-16(15)18(21)20(13-5-6-13)10-12-7-8-22-11-12/h1-4,12-13,15-16H,5-11H2/t12-,15+,16-/m1/s1. The van der Waals surface area contributed by atoms with Crippen LogP contribution in [0.15, 0.2) is 24.3 Å². The van der Waals surface area contributed by atoms with E-state index < -0.39 is 0 Å². The van der Waals surface area contributed by atoms with Crippen molar-refractivity contribution in [3.05, 3.63) is 35.6 Å². The number of nitrogens with zero attached hydrogens (tertiary/aromatic N) is 1. The first-order valence-corrected chi connectivity index (χ1v) is 8.36. The van der Waals surface area contributed by atoms with Gasteiger partial charge in [-0.2, -0.15) is 0 Å². The molecule has 3 atom stereocenters. The maximum atomic E-state index is 13.9. The first-order chi connectivity index (χ1) is 10.7. The highest BCUT2D eigenvalue weighted by Crippen LogP contribution is 2.50. The Morgan fingerprint density at radius 2 is 2.09 bits per heavy atom. The molecule has 3 nitrogen and oxygen atoms in total. The Morgan fingerprint density at radius 1 is 1.27 bits per heavy atom. The first-order valence-electron chi connectivity index (χ1n) is 8.36. The predicted molar refractivity (Wildman–Crippen MR) is 80.9 cm³/mol. The third kappa shape index (κ3) is 2.76. The van der Waals surface area contributed by atoms with E-state index in [0.29, 0.717) is 17.5 Å². The normalized spacial score (nSPS) is 30.3. The Morgan fingerprint density at radius 3 is 2.77 bits per heavy atom. The van der Waals surface area contributed by atoms with E-state index in [0.717, 1.165) is 45.4 Å². The van der Waals surface area contributed by atoms with Crippen LogP contribution < -0.4 is 0 Å². The molecule has 0 unspecified atom stereocenters. The van der Waals surface area contributed by atoms with E-state index in [4.69, 9.17) is 4.74 Å². The van der Waals surface area contributed by atoms with Crippen molar-refractivity contribution in [2.45, 2.75) is 37.6 Å². The van der Waals surface area contributed by atoms with Gasteiger partial charge in [-0.25, -0.2) is 4.39 Å². The second kappa shape index (κ2) is 5.65. The SMILES string of the molecule is O=C([C@@H]1C[C@H]1c1ccccc1F)N(C[C@H]1CCOC1)C1CC1. The van der Waals surface area contributed by atoms with Crippen molar-refractivity contribution in [3.8, 4) is 0 Å². The summed E-state index contributed by atoms with van der Waals surface area (Å²) in [6.07, 6.45) is 4.09. The van der Waals surface area contributed by atoms with Crippen molar-refractivity contribution in [3.63, 3.8) is 0 Å². The molecule has 2 saturated carbocycles. The number of hydrogen-bond donors (Lipinski definition) is 0. The van der Waals surface area contributed by atoms with Crippen LogP contribution >= 0.6 is 0 Å². The molecule has 1 amide bonds. The molecule has 0 spiro atoms. The second-order valence-corrected chi connectivity index (χ2v) is 6.92. The van der Waals surface area contributed by atoms with Crippen LogP contribution in [0.5, 0.6) is 0 Å². The molecule has 2 aliphatic carbocycles. The zero-order chi connectivity index (χ0) is 15.1. The van der Waals surface area contributed by atoms with E-state index in [2.05, 4.69) is 4.90 Å². The number of hydrogen-bond acceptors (Lipinski definition) is 2. The minimum absolute atomic E-state index is 0.0141. The average Bonchev–Trinajstić information content (AvgIpc) is 3.44. The lowest BCUT2D eigenvalue weighted by atomic mass is 10.1. The van der Waals surface area contributed by atoms with E-state index >= 15 is 0 Å². The molecule has 4 heteroatoms. The summed E-state index contributed by atoms with van der Waals surface area (Å²) in [5.41, 5.74) is 0.709. The van der Waals surface area contributed by atoms with Gasteiger partial charge in [0.1, 0.15) is 5.82 Å². The van der Waals surface area contributed by atoms with Gasteiger partial charge in [0.2, 0.25) is 5.91 Å². The highest BCUT2D eigenvalue weighted by atomic mass is 19.1. The smallest absolute Gasteiger partial charge is 0.226 e. The lowest BCUT2D eigenvalue weighted by molar-refractivity contribution is -0.134. The van der Waals surface area contributed by atoms with Crippen molar-refractivity contribution in [2.75, 3.05) is 19.8 Å². The van der Waals surface area contributed by atoms with Crippen LogP contribution in [-0.4, -0.2) is 36.6 Å². The topological polar surface area (TPSA) is 29.5 Å². The second-order valence-electron chi connectivity index (χ2n) is 6.92. The van der Waals surface area contributed by atoms with Gasteiger partial charge in [-0.1, -0.05) is 18.2 Å². The lowest BCUT2D eigenvalue weighted by Gasteiger charge is -2.25.